The predicted octanol–water partition coefficient (Wildman–Crippen LogP) is 2.82. The zero-order valence-corrected chi connectivity index (χ0v) is 14.4. The van der Waals surface area contributed by atoms with Gasteiger partial charge in [-0.2, -0.15) is 0 Å². The number of amides is 1. The first-order chi connectivity index (χ1) is 11.7. The van der Waals surface area contributed by atoms with Crippen LogP contribution in [0.5, 0.6) is 0 Å². The fourth-order valence-corrected chi connectivity index (χ4v) is 3.46. The molecule has 1 atom stereocenters. The molecule has 0 radical (unpaired) electrons. The van der Waals surface area contributed by atoms with E-state index in [-0.39, 0.29) is 17.8 Å². The van der Waals surface area contributed by atoms with Gasteiger partial charge in [0.25, 0.3) is 0 Å². The van der Waals surface area contributed by atoms with Crippen molar-refractivity contribution in [2.24, 2.45) is 0 Å². The van der Waals surface area contributed by atoms with Gasteiger partial charge in [0.05, 0.1) is 12.6 Å². The Balaban J connectivity index is 1.65. The standard InChI is InChI=1S/C19H27FN2O2/c1-2-22(17-8-9-17)19(23)14-21(13-18-7-4-10-24-18)12-15-5-3-6-16(20)11-15/h3,5-6,11,17-18H,2,4,7-10,12-14H2,1H3. The van der Waals surface area contributed by atoms with E-state index < -0.39 is 0 Å². The molecule has 5 heteroatoms. The molecule has 1 aromatic rings. The highest BCUT2D eigenvalue weighted by atomic mass is 19.1. The van der Waals surface area contributed by atoms with Crippen LogP contribution in [0, 0.1) is 5.82 Å². The van der Waals surface area contributed by atoms with Crippen molar-refractivity contribution in [2.45, 2.75) is 51.3 Å². The Morgan fingerprint density at radius 1 is 1.33 bits per heavy atom. The Kier molecular flexibility index (Phi) is 5.85. The Hall–Kier alpha value is -1.46. The molecule has 0 aromatic heterocycles. The number of halogens is 1. The van der Waals surface area contributed by atoms with Gasteiger partial charge in [0, 0.05) is 32.3 Å². The van der Waals surface area contributed by atoms with E-state index in [1.54, 1.807) is 12.1 Å². The fourth-order valence-electron chi connectivity index (χ4n) is 3.46. The van der Waals surface area contributed by atoms with Gasteiger partial charge in [-0.05, 0) is 50.3 Å². The molecule has 0 bridgehead atoms. The minimum Gasteiger partial charge on any atom is -0.377 e. The van der Waals surface area contributed by atoms with Gasteiger partial charge in [0.2, 0.25) is 5.91 Å². The van der Waals surface area contributed by atoms with E-state index in [0.717, 1.165) is 50.9 Å². The Bertz CT molecular complexity index is 556. The molecule has 1 aliphatic carbocycles. The first-order valence-electron chi connectivity index (χ1n) is 9.03. The maximum absolute atomic E-state index is 13.5. The molecule has 1 heterocycles. The van der Waals surface area contributed by atoms with Crippen LogP contribution in [0.15, 0.2) is 24.3 Å². The predicted molar refractivity (Wildman–Crippen MR) is 91.1 cm³/mol. The summed E-state index contributed by atoms with van der Waals surface area (Å²) in [5.74, 6) is -0.0570. The van der Waals surface area contributed by atoms with Crippen LogP contribution in [-0.2, 0) is 16.1 Å². The van der Waals surface area contributed by atoms with Crippen molar-refractivity contribution in [2.75, 3.05) is 26.2 Å². The normalized spacial score (nSPS) is 20.5. The van der Waals surface area contributed by atoms with E-state index >= 15 is 0 Å². The van der Waals surface area contributed by atoms with Gasteiger partial charge in [0.1, 0.15) is 5.82 Å². The topological polar surface area (TPSA) is 32.8 Å². The van der Waals surface area contributed by atoms with Crippen LogP contribution >= 0.6 is 0 Å². The number of hydrogen-bond acceptors (Lipinski definition) is 3. The van der Waals surface area contributed by atoms with Gasteiger partial charge in [-0.15, -0.1) is 0 Å². The summed E-state index contributed by atoms with van der Waals surface area (Å²) in [7, 11) is 0. The molecule has 1 unspecified atom stereocenters. The Morgan fingerprint density at radius 3 is 2.79 bits per heavy atom. The number of hydrogen-bond donors (Lipinski definition) is 0. The van der Waals surface area contributed by atoms with Crippen molar-refractivity contribution in [1.82, 2.24) is 9.80 Å². The number of likely N-dealkylation sites (N-methyl/N-ethyl adjacent to an activating group) is 1. The maximum Gasteiger partial charge on any atom is 0.236 e. The zero-order valence-electron chi connectivity index (χ0n) is 14.4. The zero-order chi connectivity index (χ0) is 16.9. The monoisotopic (exact) mass is 334 g/mol. The van der Waals surface area contributed by atoms with Crippen LogP contribution in [0.2, 0.25) is 0 Å². The van der Waals surface area contributed by atoms with E-state index in [1.165, 1.54) is 6.07 Å². The number of nitrogens with zero attached hydrogens (tertiary/aromatic N) is 2. The summed E-state index contributed by atoms with van der Waals surface area (Å²) in [6.07, 6.45) is 4.54. The fraction of sp³-hybridized carbons (Fsp3) is 0.632. The number of ether oxygens (including phenoxy) is 1. The molecule has 1 saturated carbocycles. The molecule has 0 spiro atoms. The van der Waals surface area contributed by atoms with Crippen molar-refractivity contribution >= 4 is 5.91 Å². The van der Waals surface area contributed by atoms with Crippen molar-refractivity contribution in [3.8, 4) is 0 Å². The van der Waals surface area contributed by atoms with E-state index in [2.05, 4.69) is 4.90 Å². The molecule has 24 heavy (non-hydrogen) atoms. The van der Waals surface area contributed by atoms with Gasteiger partial charge >= 0.3 is 0 Å². The van der Waals surface area contributed by atoms with Crippen LogP contribution in [0.3, 0.4) is 0 Å². The molecular weight excluding hydrogens is 307 g/mol. The minimum absolute atomic E-state index is 0.175. The van der Waals surface area contributed by atoms with Crippen LogP contribution in [-0.4, -0.2) is 54.1 Å². The first-order valence-corrected chi connectivity index (χ1v) is 9.03. The van der Waals surface area contributed by atoms with Crippen molar-refractivity contribution in [1.29, 1.82) is 0 Å². The molecule has 3 rings (SSSR count). The summed E-state index contributed by atoms with van der Waals surface area (Å²) >= 11 is 0. The lowest BCUT2D eigenvalue weighted by molar-refractivity contribution is -0.133. The van der Waals surface area contributed by atoms with E-state index in [4.69, 9.17) is 4.74 Å². The van der Waals surface area contributed by atoms with Gasteiger partial charge in [-0.1, -0.05) is 12.1 Å². The van der Waals surface area contributed by atoms with Crippen LogP contribution in [0.4, 0.5) is 4.39 Å². The minimum atomic E-state index is -0.232. The average molecular weight is 334 g/mol. The van der Waals surface area contributed by atoms with Crippen molar-refractivity contribution < 1.29 is 13.9 Å². The lowest BCUT2D eigenvalue weighted by atomic mass is 10.1. The second-order valence-corrected chi connectivity index (χ2v) is 6.85. The second kappa shape index (κ2) is 8.08. The lowest BCUT2D eigenvalue weighted by Gasteiger charge is -2.28. The molecule has 1 aliphatic heterocycles. The summed E-state index contributed by atoms with van der Waals surface area (Å²) in [6, 6.07) is 7.06. The summed E-state index contributed by atoms with van der Waals surface area (Å²) in [6.45, 7) is 5.27. The molecular formula is C19H27FN2O2. The van der Waals surface area contributed by atoms with Gasteiger partial charge < -0.3 is 9.64 Å². The van der Waals surface area contributed by atoms with Crippen LogP contribution < -0.4 is 0 Å². The van der Waals surface area contributed by atoms with E-state index in [1.807, 2.05) is 17.9 Å². The average Bonchev–Trinajstić information content (AvgIpc) is 3.24. The molecule has 1 amide bonds. The molecule has 1 aromatic carbocycles. The molecule has 132 valence electrons. The molecule has 2 fully saturated rings. The van der Waals surface area contributed by atoms with E-state index in [0.29, 0.717) is 19.1 Å². The highest BCUT2D eigenvalue weighted by molar-refractivity contribution is 5.79. The summed E-state index contributed by atoms with van der Waals surface area (Å²) < 4.78 is 19.2. The third kappa shape index (κ3) is 4.77. The second-order valence-electron chi connectivity index (χ2n) is 6.85. The summed E-state index contributed by atoms with van der Waals surface area (Å²) in [5.41, 5.74) is 0.898. The van der Waals surface area contributed by atoms with Crippen molar-refractivity contribution in [3.05, 3.63) is 35.6 Å². The first kappa shape index (κ1) is 17.4. The van der Waals surface area contributed by atoms with Gasteiger partial charge in [0.15, 0.2) is 0 Å². The number of benzene rings is 1. The number of rotatable bonds is 8. The number of carbonyl (C=O) groups excluding carboxylic acids is 1. The SMILES string of the molecule is CCN(C(=O)CN(Cc1cccc(F)c1)CC1CCCO1)C1CC1. The van der Waals surface area contributed by atoms with Crippen molar-refractivity contribution in [3.63, 3.8) is 0 Å². The summed E-state index contributed by atoms with van der Waals surface area (Å²) in [4.78, 5) is 16.8. The van der Waals surface area contributed by atoms with Gasteiger partial charge in [-0.3, -0.25) is 9.69 Å². The third-order valence-electron chi connectivity index (χ3n) is 4.79. The Labute approximate surface area is 143 Å². The van der Waals surface area contributed by atoms with E-state index in [9.17, 15) is 9.18 Å². The lowest BCUT2D eigenvalue weighted by Crippen LogP contribution is -2.43. The third-order valence-corrected chi connectivity index (χ3v) is 4.79. The highest BCUT2D eigenvalue weighted by Crippen LogP contribution is 2.27. The molecule has 1 saturated heterocycles. The maximum atomic E-state index is 13.5. The van der Waals surface area contributed by atoms with Crippen LogP contribution in [0.25, 0.3) is 0 Å². The smallest absolute Gasteiger partial charge is 0.236 e. The molecule has 2 aliphatic rings. The summed E-state index contributed by atoms with van der Waals surface area (Å²) in [5, 5.41) is 0. The Morgan fingerprint density at radius 2 is 2.17 bits per heavy atom. The molecule has 0 N–H and O–H groups in total. The number of carbonyl (C=O) groups is 1. The quantitative estimate of drug-likeness (QED) is 0.733. The largest absolute Gasteiger partial charge is 0.377 e. The van der Waals surface area contributed by atoms with Crippen LogP contribution in [0.1, 0.15) is 38.2 Å². The van der Waals surface area contributed by atoms with Gasteiger partial charge in [-0.25, -0.2) is 4.39 Å². The molecule has 4 nitrogen and oxygen atoms in total. The highest BCUT2D eigenvalue weighted by Gasteiger charge is 2.32.